The molecule has 4 amide bonds. The van der Waals surface area contributed by atoms with Crippen molar-refractivity contribution in [3.63, 3.8) is 0 Å². The second-order valence-electron chi connectivity index (χ2n) is 10.3. The summed E-state index contributed by atoms with van der Waals surface area (Å²) < 4.78 is 0. The van der Waals surface area contributed by atoms with E-state index >= 15 is 0 Å². The van der Waals surface area contributed by atoms with Crippen molar-refractivity contribution in [2.24, 2.45) is 17.6 Å². The lowest BCUT2D eigenvalue weighted by Gasteiger charge is -2.32. The molecule has 3 rings (SSSR count). The largest absolute Gasteiger partial charge is 0.480 e. The number of carbonyl (C=O) groups is 4. The molecule has 8 N–H and O–H groups in total. The van der Waals surface area contributed by atoms with Crippen LogP contribution in [0.15, 0.2) is 30.3 Å². The average Bonchev–Trinajstić information content (AvgIpc) is 3.21. The Bertz CT molecular complexity index is 998. The zero-order chi connectivity index (χ0) is 28.2. The highest BCUT2D eigenvalue weighted by molar-refractivity contribution is 6.07. The van der Waals surface area contributed by atoms with E-state index < -0.39 is 47.7 Å². The smallest absolute Gasteiger partial charge is 0.326 e. The summed E-state index contributed by atoms with van der Waals surface area (Å²) in [6.07, 6.45) is 5.46. The molecule has 0 aliphatic carbocycles. The maximum absolute atomic E-state index is 13.7. The molecule has 222 valence electrons. The maximum Gasteiger partial charge on any atom is 0.326 e. The number of carbonyl (C=O) groups excluding carboxylic acids is 3. The fourth-order valence-electron chi connectivity index (χ4n) is 5.09. The van der Waals surface area contributed by atoms with E-state index in [0.29, 0.717) is 25.2 Å². The molecule has 2 aliphatic rings. The number of benzene rings is 1. The van der Waals surface area contributed by atoms with Gasteiger partial charge in [-0.25, -0.2) is 9.59 Å². The summed E-state index contributed by atoms with van der Waals surface area (Å²) >= 11 is 0. The Morgan fingerprint density at radius 1 is 1.05 bits per heavy atom. The van der Waals surface area contributed by atoms with Crippen LogP contribution >= 0.6 is 12.4 Å². The number of aliphatic carboxylic acids is 1. The second kappa shape index (κ2) is 16.7. The topological polar surface area (TPSA) is 190 Å². The molecular formula is C27H42ClN7O5. The van der Waals surface area contributed by atoms with E-state index in [-0.39, 0.29) is 24.7 Å². The van der Waals surface area contributed by atoms with Gasteiger partial charge in [0.1, 0.15) is 23.8 Å². The van der Waals surface area contributed by atoms with Crippen LogP contribution in [0.5, 0.6) is 0 Å². The fourth-order valence-corrected chi connectivity index (χ4v) is 5.09. The van der Waals surface area contributed by atoms with Gasteiger partial charge >= 0.3 is 12.0 Å². The number of amides is 4. The minimum Gasteiger partial charge on any atom is -0.480 e. The molecule has 0 aromatic heterocycles. The molecule has 1 aromatic rings. The molecule has 12 nitrogen and oxygen atoms in total. The lowest BCUT2D eigenvalue weighted by molar-refractivity contribution is -0.139. The van der Waals surface area contributed by atoms with Crippen LogP contribution in [-0.2, 0) is 20.8 Å². The molecule has 0 saturated carbocycles. The fraction of sp³-hybridized carbons (Fsp3) is 0.593. The Morgan fingerprint density at radius 3 is 2.30 bits per heavy atom. The summed E-state index contributed by atoms with van der Waals surface area (Å²) in [5.74, 6) is -4.17. The first-order chi connectivity index (χ1) is 18.8. The van der Waals surface area contributed by atoms with Gasteiger partial charge in [0.25, 0.3) is 0 Å². The number of hydrogen-bond acceptors (Lipinski definition) is 6. The highest BCUT2D eigenvalue weighted by atomic mass is 35.5. The number of rotatable bonds is 11. The molecule has 0 bridgehead atoms. The Labute approximate surface area is 241 Å². The number of nitrogens with two attached hydrogens (primary N) is 1. The predicted molar refractivity (Wildman–Crippen MR) is 153 cm³/mol. The number of nitrogens with one attached hydrogen (secondary N) is 5. The molecule has 0 radical (unpaired) electrons. The number of urea groups is 1. The van der Waals surface area contributed by atoms with Gasteiger partial charge in [0, 0.05) is 26.1 Å². The van der Waals surface area contributed by atoms with Crippen molar-refractivity contribution in [2.75, 3.05) is 32.7 Å². The third-order valence-corrected chi connectivity index (χ3v) is 7.27. The minimum absolute atomic E-state index is 0. The zero-order valence-electron chi connectivity index (χ0n) is 22.7. The number of carboxylic acids is 1. The van der Waals surface area contributed by atoms with Crippen molar-refractivity contribution >= 4 is 42.1 Å². The average molecular weight is 580 g/mol. The van der Waals surface area contributed by atoms with Gasteiger partial charge in [-0.15, -0.1) is 12.4 Å². The number of nitrogens with zero attached hydrogens (tertiary/aromatic N) is 1. The van der Waals surface area contributed by atoms with E-state index in [1.165, 1.54) is 0 Å². The quantitative estimate of drug-likeness (QED) is 0.149. The summed E-state index contributed by atoms with van der Waals surface area (Å²) in [4.78, 5) is 53.5. The zero-order valence-corrected chi connectivity index (χ0v) is 23.5. The highest BCUT2D eigenvalue weighted by Gasteiger charge is 2.40. The van der Waals surface area contributed by atoms with Gasteiger partial charge in [-0.2, -0.15) is 0 Å². The van der Waals surface area contributed by atoms with Gasteiger partial charge in [0.2, 0.25) is 11.8 Å². The van der Waals surface area contributed by atoms with Crippen LogP contribution in [0.4, 0.5) is 4.79 Å². The first-order valence-corrected chi connectivity index (χ1v) is 13.7. The van der Waals surface area contributed by atoms with Crippen LogP contribution in [0.2, 0.25) is 0 Å². The molecule has 2 aliphatic heterocycles. The molecule has 4 atom stereocenters. The summed E-state index contributed by atoms with van der Waals surface area (Å²) in [7, 11) is 0. The number of halogens is 1. The van der Waals surface area contributed by atoms with Gasteiger partial charge in [-0.05, 0) is 50.3 Å². The molecule has 2 fully saturated rings. The number of likely N-dealkylation sites (tertiary alicyclic amines) is 1. The van der Waals surface area contributed by atoms with E-state index in [2.05, 4.69) is 21.3 Å². The molecule has 2 heterocycles. The lowest BCUT2D eigenvalue weighted by Crippen LogP contribution is -2.61. The standard InChI is InChI=1S/C27H41N7O5.ClH/c28-23(29)21(24(35)31-17-19-11-8-12-30-16-19)22(25(36)34-13-6-1-2-7-14-34)33-27(39)32-20(26(37)38)15-18-9-4-3-5-10-18;/h3-5,9-10,19-22,30H,1-2,6-8,11-17H2,(H3,28,29)(H,31,35)(H,37,38)(H2,32,33,39);1H/t19?,20-,21?,22-;/m0./s1. The van der Waals surface area contributed by atoms with Crippen molar-refractivity contribution in [3.05, 3.63) is 35.9 Å². The summed E-state index contributed by atoms with van der Waals surface area (Å²) in [6.45, 7) is 2.95. The summed E-state index contributed by atoms with van der Waals surface area (Å²) in [5.41, 5.74) is 6.56. The van der Waals surface area contributed by atoms with Crippen LogP contribution < -0.4 is 27.0 Å². The molecule has 0 spiro atoms. The van der Waals surface area contributed by atoms with E-state index in [0.717, 1.165) is 51.6 Å². The van der Waals surface area contributed by atoms with Crippen LogP contribution in [0, 0.1) is 17.2 Å². The van der Waals surface area contributed by atoms with Crippen LogP contribution in [-0.4, -0.2) is 84.5 Å². The van der Waals surface area contributed by atoms with E-state index in [4.69, 9.17) is 11.1 Å². The molecule has 40 heavy (non-hydrogen) atoms. The Kier molecular flexibility index (Phi) is 13.7. The summed E-state index contributed by atoms with van der Waals surface area (Å²) in [5, 5.41) is 28.9. The molecule has 1 aromatic carbocycles. The van der Waals surface area contributed by atoms with E-state index in [1.807, 2.05) is 0 Å². The van der Waals surface area contributed by atoms with Gasteiger partial charge < -0.3 is 37.0 Å². The minimum atomic E-state index is -1.46. The maximum atomic E-state index is 13.7. The molecule has 2 saturated heterocycles. The number of piperidine rings is 1. The predicted octanol–water partition coefficient (Wildman–Crippen LogP) is 0.842. The number of carboxylic acid groups (broad SMARTS) is 1. The second-order valence-corrected chi connectivity index (χ2v) is 10.3. The van der Waals surface area contributed by atoms with Crippen molar-refractivity contribution < 1.29 is 24.3 Å². The van der Waals surface area contributed by atoms with Gasteiger partial charge in [0.05, 0.1) is 0 Å². The number of hydrogen-bond donors (Lipinski definition) is 7. The first kappa shape index (κ1) is 32.8. The van der Waals surface area contributed by atoms with Crippen LogP contribution in [0.25, 0.3) is 0 Å². The third kappa shape index (κ3) is 9.98. The van der Waals surface area contributed by atoms with E-state index in [1.54, 1.807) is 35.2 Å². The molecular weight excluding hydrogens is 538 g/mol. The SMILES string of the molecule is Cl.N=C(N)C(C(=O)NCC1CCCNC1)[C@H](NC(=O)N[C@@H](Cc1ccccc1)C(=O)O)C(=O)N1CCCCCC1. The lowest BCUT2D eigenvalue weighted by atomic mass is 9.94. The molecule has 13 heteroatoms. The first-order valence-electron chi connectivity index (χ1n) is 13.7. The third-order valence-electron chi connectivity index (χ3n) is 7.27. The van der Waals surface area contributed by atoms with Crippen molar-refractivity contribution in [2.45, 2.75) is 57.0 Å². The van der Waals surface area contributed by atoms with Gasteiger partial charge in [0.15, 0.2) is 0 Å². The highest BCUT2D eigenvalue weighted by Crippen LogP contribution is 2.16. The monoisotopic (exact) mass is 579 g/mol. The summed E-state index contributed by atoms with van der Waals surface area (Å²) in [6, 6.07) is 5.17. The Hall–Kier alpha value is -3.38. The van der Waals surface area contributed by atoms with Crippen molar-refractivity contribution in [1.82, 2.24) is 26.2 Å². The molecule has 2 unspecified atom stereocenters. The normalized spacial score (nSPS) is 19.5. The number of amidine groups is 1. The van der Waals surface area contributed by atoms with Crippen LogP contribution in [0.3, 0.4) is 0 Å². The van der Waals surface area contributed by atoms with Gasteiger partial charge in [-0.3, -0.25) is 15.0 Å². The van der Waals surface area contributed by atoms with Gasteiger partial charge in [-0.1, -0.05) is 43.2 Å². The Balaban J connectivity index is 0.00000560. The van der Waals surface area contributed by atoms with Crippen molar-refractivity contribution in [3.8, 4) is 0 Å². The van der Waals surface area contributed by atoms with E-state index in [9.17, 15) is 24.3 Å². The Morgan fingerprint density at radius 2 is 1.73 bits per heavy atom. The van der Waals surface area contributed by atoms with Crippen molar-refractivity contribution in [1.29, 1.82) is 5.41 Å². The van der Waals surface area contributed by atoms with Crippen LogP contribution in [0.1, 0.15) is 44.1 Å².